The van der Waals surface area contributed by atoms with E-state index in [0.717, 1.165) is 12.8 Å². The van der Waals surface area contributed by atoms with E-state index in [9.17, 15) is 4.79 Å². The molecule has 0 bridgehead atoms. The number of nitrogens with zero attached hydrogens (tertiary/aromatic N) is 1. The van der Waals surface area contributed by atoms with E-state index >= 15 is 0 Å². The van der Waals surface area contributed by atoms with E-state index in [1.54, 1.807) is 0 Å². The topological polar surface area (TPSA) is 62.2 Å². The average Bonchev–Trinajstić information content (AvgIpc) is 2.31. The lowest BCUT2D eigenvalue weighted by molar-refractivity contribution is 0.0697. The summed E-state index contributed by atoms with van der Waals surface area (Å²) in [5, 5.41) is 12.3. The molecular weight excluding hydrogens is 252 g/mol. The lowest BCUT2D eigenvalue weighted by Gasteiger charge is -2.19. The van der Waals surface area contributed by atoms with Gasteiger partial charge in [-0.15, -0.1) is 0 Å². The summed E-state index contributed by atoms with van der Waals surface area (Å²) in [6.07, 6.45) is 3.56. The van der Waals surface area contributed by atoms with E-state index in [2.05, 4.69) is 24.1 Å². The van der Waals surface area contributed by atoms with Crippen molar-refractivity contribution in [3.8, 4) is 0 Å². The molecule has 0 aliphatic carbocycles. The van der Waals surface area contributed by atoms with Crippen LogP contribution in [0, 0.1) is 5.92 Å². The SMILES string of the molecule is CCC(C)CC(C)Nc1nccc(C(=O)O)c1Cl. The molecule has 5 heteroatoms. The third-order valence-electron chi connectivity index (χ3n) is 2.96. The van der Waals surface area contributed by atoms with Crippen molar-refractivity contribution in [2.75, 3.05) is 5.32 Å². The van der Waals surface area contributed by atoms with Crippen molar-refractivity contribution in [2.45, 2.75) is 39.7 Å². The van der Waals surface area contributed by atoms with Crippen LogP contribution in [0.5, 0.6) is 0 Å². The molecule has 2 atom stereocenters. The summed E-state index contributed by atoms with van der Waals surface area (Å²) in [7, 11) is 0. The summed E-state index contributed by atoms with van der Waals surface area (Å²) in [4.78, 5) is 15.0. The molecule has 0 saturated heterocycles. The smallest absolute Gasteiger partial charge is 0.337 e. The number of nitrogens with one attached hydrogen (secondary N) is 1. The van der Waals surface area contributed by atoms with Gasteiger partial charge < -0.3 is 10.4 Å². The Hall–Kier alpha value is -1.29. The molecule has 18 heavy (non-hydrogen) atoms. The maximum Gasteiger partial charge on any atom is 0.337 e. The van der Waals surface area contributed by atoms with E-state index in [1.807, 2.05) is 6.92 Å². The molecule has 0 amide bonds. The fourth-order valence-electron chi connectivity index (χ4n) is 1.77. The molecule has 100 valence electrons. The van der Waals surface area contributed by atoms with Crippen LogP contribution in [0.3, 0.4) is 0 Å². The Kier molecular flexibility index (Phi) is 5.41. The Bertz CT molecular complexity index is 423. The van der Waals surface area contributed by atoms with Crippen LogP contribution in [0.25, 0.3) is 0 Å². The summed E-state index contributed by atoms with van der Waals surface area (Å²) in [5.74, 6) is 0.00123. The molecule has 0 radical (unpaired) electrons. The highest BCUT2D eigenvalue weighted by molar-refractivity contribution is 6.35. The second-order valence-electron chi connectivity index (χ2n) is 4.62. The third kappa shape index (κ3) is 3.88. The van der Waals surface area contributed by atoms with Crippen LogP contribution in [0.4, 0.5) is 5.82 Å². The van der Waals surface area contributed by atoms with Gasteiger partial charge in [-0.05, 0) is 25.3 Å². The van der Waals surface area contributed by atoms with Gasteiger partial charge in [0, 0.05) is 12.2 Å². The molecule has 0 spiro atoms. The molecule has 1 rings (SSSR count). The van der Waals surface area contributed by atoms with Crippen LogP contribution in [-0.4, -0.2) is 22.1 Å². The van der Waals surface area contributed by atoms with E-state index in [4.69, 9.17) is 16.7 Å². The molecule has 2 unspecified atom stereocenters. The van der Waals surface area contributed by atoms with Crippen LogP contribution in [0.2, 0.25) is 5.02 Å². The highest BCUT2D eigenvalue weighted by Gasteiger charge is 2.15. The normalized spacial score (nSPS) is 14.0. The Morgan fingerprint density at radius 2 is 2.22 bits per heavy atom. The second-order valence-corrected chi connectivity index (χ2v) is 5.00. The number of aromatic carboxylic acids is 1. The van der Waals surface area contributed by atoms with Gasteiger partial charge in [-0.1, -0.05) is 31.9 Å². The van der Waals surface area contributed by atoms with Crippen LogP contribution in [-0.2, 0) is 0 Å². The molecule has 0 saturated carbocycles. The molecule has 0 aromatic carbocycles. The maximum atomic E-state index is 10.9. The van der Waals surface area contributed by atoms with Crippen molar-refractivity contribution in [3.63, 3.8) is 0 Å². The second kappa shape index (κ2) is 6.59. The first kappa shape index (κ1) is 14.8. The molecule has 0 aliphatic heterocycles. The molecular formula is C13H19ClN2O2. The van der Waals surface area contributed by atoms with Crippen molar-refractivity contribution >= 4 is 23.4 Å². The number of carboxylic acids is 1. The van der Waals surface area contributed by atoms with E-state index < -0.39 is 5.97 Å². The molecule has 4 nitrogen and oxygen atoms in total. The van der Waals surface area contributed by atoms with Crippen LogP contribution in [0.15, 0.2) is 12.3 Å². The predicted octanol–water partition coefficient (Wildman–Crippen LogP) is 3.67. The minimum atomic E-state index is -1.04. The Morgan fingerprint density at radius 3 is 2.78 bits per heavy atom. The number of halogens is 1. The van der Waals surface area contributed by atoms with Crippen molar-refractivity contribution in [1.29, 1.82) is 0 Å². The first-order valence-corrected chi connectivity index (χ1v) is 6.47. The predicted molar refractivity (Wildman–Crippen MR) is 73.4 cm³/mol. The number of rotatable bonds is 6. The van der Waals surface area contributed by atoms with Gasteiger partial charge in [0.1, 0.15) is 5.82 Å². The highest BCUT2D eigenvalue weighted by Crippen LogP contribution is 2.25. The number of carboxylic acid groups (broad SMARTS) is 1. The van der Waals surface area contributed by atoms with E-state index in [-0.39, 0.29) is 16.6 Å². The standard InChI is InChI=1S/C13H19ClN2O2/c1-4-8(2)7-9(3)16-12-11(14)10(13(17)18)5-6-15-12/h5-6,8-9H,4,7H2,1-3H3,(H,15,16)(H,17,18). The molecule has 1 aromatic heterocycles. The third-order valence-corrected chi connectivity index (χ3v) is 3.34. The number of hydrogen-bond donors (Lipinski definition) is 2. The van der Waals surface area contributed by atoms with Gasteiger partial charge >= 0.3 is 5.97 Å². The first-order valence-electron chi connectivity index (χ1n) is 6.10. The summed E-state index contributed by atoms with van der Waals surface area (Å²) in [5.41, 5.74) is 0.0740. The Morgan fingerprint density at radius 1 is 1.56 bits per heavy atom. The van der Waals surface area contributed by atoms with Gasteiger partial charge in [0.15, 0.2) is 0 Å². The number of pyridine rings is 1. The molecule has 2 N–H and O–H groups in total. The fraction of sp³-hybridized carbons (Fsp3) is 0.538. The van der Waals surface area contributed by atoms with Crippen molar-refractivity contribution in [3.05, 3.63) is 22.8 Å². The van der Waals surface area contributed by atoms with E-state index in [1.165, 1.54) is 12.3 Å². The monoisotopic (exact) mass is 270 g/mol. The number of hydrogen-bond acceptors (Lipinski definition) is 3. The van der Waals surface area contributed by atoms with Gasteiger partial charge in [0.25, 0.3) is 0 Å². The zero-order valence-corrected chi connectivity index (χ0v) is 11.7. The lowest BCUT2D eigenvalue weighted by Crippen LogP contribution is -2.19. The lowest BCUT2D eigenvalue weighted by atomic mass is 10.0. The highest BCUT2D eigenvalue weighted by atomic mass is 35.5. The summed E-state index contributed by atoms with van der Waals surface area (Å²) in [6, 6.07) is 1.60. The summed E-state index contributed by atoms with van der Waals surface area (Å²) < 4.78 is 0. The number of aromatic nitrogens is 1. The minimum absolute atomic E-state index is 0.0740. The summed E-state index contributed by atoms with van der Waals surface area (Å²) in [6.45, 7) is 6.37. The number of anilines is 1. The van der Waals surface area contributed by atoms with Gasteiger partial charge in [0.2, 0.25) is 0 Å². The first-order chi connectivity index (χ1) is 8.45. The molecule has 0 aliphatic rings. The van der Waals surface area contributed by atoms with Crippen molar-refractivity contribution < 1.29 is 9.90 Å². The van der Waals surface area contributed by atoms with Crippen LogP contribution >= 0.6 is 11.6 Å². The number of carbonyl (C=O) groups is 1. The largest absolute Gasteiger partial charge is 0.478 e. The fourth-order valence-corrected chi connectivity index (χ4v) is 2.02. The van der Waals surface area contributed by atoms with E-state index in [0.29, 0.717) is 11.7 Å². The zero-order chi connectivity index (χ0) is 13.7. The van der Waals surface area contributed by atoms with Crippen molar-refractivity contribution in [2.24, 2.45) is 5.92 Å². The van der Waals surface area contributed by atoms with Gasteiger partial charge in [-0.25, -0.2) is 9.78 Å². The van der Waals surface area contributed by atoms with Crippen molar-refractivity contribution in [1.82, 2.24) is 4.98 Å². The maximum absolute atomic E-state index is 10.9. The van der Waals surface area contributed by atoms with Crippen LogP contribution in [0.1, 0.15) is 44.0 Å². The minimum Gasteiger partial charge on any atom is -0.478 e. The quantitative estimate of drug-likeness (QED) is 0.828. The molecule has 1 aromatic rings. The zero-order valence-electron chi connectivity index (χ0n) is 10.9. The summed E-state index contributed by atoms with van der Waals surface area (Å²) >= 11 is 6.01. The van der Waals surface area contributed by atoms with Gasteiger partial charge in [0.05, 0.1) is 10.6 Å². The Labute approximate surface area is 112 Å². The molecule has 1 heterocycles. The van der Waals surface area contributed by atoms with Gasteiger partial charge in [-0.2, -0.15) is 0 Å². The van der Waals surface area contributed by atoms with Gasteiger partial charge in [-0.3, -0.25) is 0 Å². The van der Waals surface area contributed by atoms with Crippen LogP contribution < -0.4 is 5.32 Å². The Balaban J connectivity index is 2.79. The molecule has 0 fully saturated rings. The average molecular weight is 271 g/mol.